The van der Waals surface area contributed by atoms with Gasteiger partial charge in [0.25, 0.3) is 5.91 Å². The second-order valence-corrected chi connectivity index (χ2v) is 8.42. The molecule has 0 fully saturated rings. The number of anilines is 1. The van der Waals surface area contributed by atoms with Crippen molar-refractivity contribution in [3.05, 3.63) is 91.8 Å². The van der Waals surface area contributed by atoms with Gasteiger partial charge in [0.2, 0.25) is 0 Å². The molecule has 0 radical (unpaired) electrons. The molecule has 1 amide bonds. The zero-order valence-corrected chi connectivity index (χ0v) is 18.6. The number of carbonyl (C=O) groups excluding carboxylic acids is 1. The molecule has 4 aromatic rings. The average Bonchev–Trinajstić information content (AvgIpc) is 2.71. The lowest BCUT2D eigenvalue weighted by Crippen LogP contribution is -2.13. The Morgan fingerprint density at radius 1 is 0.862 bits per heavy atom. The number of halogens is 4. The van der Waals surface area contributed by atoms with Crippen LogP contribution in [0.4, 0.5) is 5.69 Å². The second-order valence-electron chi connectivity index (χ2n) is 6.28. The van der Waals surface area contributed by atoms with Gasteiger partial charge in [-0.3, -0.25) is 4.79 Å². The van der Waals surface area contributed by atoms with E-state index in [1.54, 1.807) is 6.07 Å². The molecule has 144 valence electrons. The van der Waals surface area contributed by atoms with Crippen molar-refractivity contribution in [3.8, 4) is 11.3 Å². The first-order valence-corrected chi connectivity index (χ1v) is 10.5. The van der Waals surface area contributed by atoms with E-state index in [2.05, 4.69) is 21.2 Å². The van der Waals surface area contributed by atoms with Crippen LogP contribution in [0.3, 0.4) is 0 Å². The van der Waals surface area contributed by atoms with Crippen LogP contribution in [0.1, 0.15) is 10.4 Å². The zero-order chi connectivity index (χ0) is 20.5. The summed E-state index contributed by atoms with van der Waals surface area (Å²) >= 11 is 21.7. The highest BCUT2D eigenvalue weighted by Gasteiger charge is 2.16. The molecule has 1 aromatic heterocycles. The number of pyridine rings is 1. The van der Waals surface area contributed by atoms with E-state index in [1.165, 1.54) is 12.1 Å². The largest absolute Gasteiger partial charge is 0.321 e. The summed E-state index contributed by atoms with van der Waals surface area (Å²) < 4.78 is 0.967. The smallest absolute Gasteiger partial charge is 0.256 e. The number of aromatic nitrogens is 1. The topological polar surface area (TPSA) is 42.0 Å². The number of para-hydroxylation sites is 1. The SMILES string of the molecule is O=C(Nc1cc(Cl)c(Cl)cc1Cl)c1cc(-c2ccc(Br)cc2)nc2ccccc12. The lowest BCUT2D eigenvalue weighted by Gasteiger charge is -2.12. The summed E-state index contributed by atoms with van der Waals surface area (Å²) in [6, 6.07) is 20.0. The maximum absolute atomic E-state index is 13.1. The van der Waals surface area contributed by atoms with Crippen molar-refractivity contribution in [3.63, 3.8) is 0 Å². The molecule has 0 aliphatic carbocycles. The van der Waals surface area contributed by atoms with Crippen LogP contribution in [0.15, 0.2) is 71.2 Å². The Kier molecular flexibility index (Phi) is 5.79. The third-order valence-electron chi connectivity index (χ3n) is 4.36. The number of fused-ring (bicyclic) bond motifs is 1. The highest BCUT2D eigenvalue weighted by molar-refractivity contribution is 9.10. The molecule has 0 saturated carbocycles. The third-order valence-corrected chi connectivity index (χ3v) is 5.92. The van der Waals surface area contributed by atoms with Gasteiger partial charge in [-0.15, -0.1) is 0 Å². The lowest BCUT2D eigenvalue weighted by molar-refractivity contribution is 0.102. The Bertz CT molecular complexity index is 1240. The zero-order valence-electron chi connectivity index (χ0n) is 14.7. The molecule has 0 unspecified atom stereocenters. The van der Waals surface area contributed by atoms with Crippen LogP contribution in [-0.4, -0.2) is 10.9 Å². The van der Waals surface area contributed by atoms with Crippen molar-refractivity contribution >= 4 is 73.2 Å². The molecule has 0 bridgehead atoms. The van der Waals surface area contributed by atoms with Crippen molar-refractivity contribution in [1.82, 2.24) is 4.98 Å². The molecular formula is C22H12BrCl3N2O. The van der Waals surface area contributed by atoms with Crippen LogP contribution in [0.5, 0.6) is 0 Å². The normalized spacial score (nSPS) is 10.9. The molecule has 1 heterocycles. The molecule has 29 heavy (non-hydrogen) atoms. The van der Waals surface area contributed by atoms with E-state index in [9.17, 15) is 4.79 Å². The van der Waals surface area contributed by atoms with E-state index >= 15 is 0 Å². The van der Waals surface area contributed by atoms with Crippen molar-refractivity contribution < 1.29 is 4.79 Å². The maximum atomic E-state index is 13.1. The number of nitrogens with zero attached hydrogens (tertiary/aromatic N) is 1. The molecule has 0 saturated heterocycles. The molecule has 0 atom stereocenters. The molecule has 3 aromatic carbocycles. The minimum Gasteiger partial charge on any atom is -0.321 e. The number of benzene rings is 3. The summed E-state index contributed by atoms with van der Waals surface area (Å²) in [5.74, 6) is -0.317. The Balaban J connectivity index is 1.80. The van der Waals surface area contributed by atoms with Crippen molar-refractivity contribution in [2.75, 3.05) is 5.32 Å². The van der Waals surface area contributed by atoms with Crippen molar-refractivity contribution in [2.45, 2.75) is 0 Å². The predicted octanol–water partition coefficient (Wildman–Crippen LogP) is 7.88. The number of rotatable bonds is 3. The fourth-order valence-corrected chi connectivity index (χ4v) is 3.80. The number of nitrogens with one attached hydrogen (secondary N) is 1. The van der Waals surface area contributed by atoms with Crippen molar-refractivity contribution in [2.24, 2.45) is 0 Å². The molecule has 0 spiro atoms. The number of amides is 1. The fourth-order valence-electron chi connectivity index (χ4n) is 2.94. The Morgan fingerprint density at radius 3 is 2.31 bits per heavy atom. The Morgan fingerprint density at radius 2 is 1.55 bits per heavy atom. The van der Waals surface area contributed by atoms with Crippen LogP contribution in [-0.2, 0) is 0 Å². The van der Waals surface area contributed by atoms with Crippen LogP contribution in [0.25, 0.3) is 22.2 Å². The quantitative estimate of drug-likeness (QED) is 0.287. The van der Waals surface area contributed by atoms with Gasteiger partial charge in [0.15, 0.2) is 0 Å². The number of hydrogen-bond donors (Lipinski definition) is 1. The summed E-state index contributed by atoms with van der Waals surface area (Å²) in [7, 11) is 0. The van der Waals surface area contributed by atoms with Crippen molar-refractivity contribution in [1.29, 1.82) is 0 Å². The van der Waals surface area contributed by atoms with Gasteiger partial charge in [-0.1, -0.05) is 81.1 Å². The summed E-state index contributed by atoms with van der Waals surface area (Å²) in [5, 5.41) is 4.50. The summed E-state index contributed by atoms with van der Waals surface area (Å²) in [6.45, 7) is 0. The highest BCUT2D eigenvalue weighted by Crippen LogP contribution is 2.33. The van der Waals surface area contributed by atoms with E-state index < -0.39 is 0 Å². The molecule has 4 rings (SSSR count). The lowest BCUT2D eigenvalue weighted by atomic mass is 10.0. The average molecular weight is 507 g/mol. The Labute approximate surface area is 190 Å². The molecule has 3 nitrogen and oxygen atoms in total. The second kappa shape index (κ2) is 8.33. The first-order chi connectivity index (χ1) is 13.9. The van der Waals surface area contributed by atoms with Gasteiger partial charge in [0, 0.05) is 15.4 Å². The number of hydrogen-bond acceptors (Lipinski definition) is 2. The van der Waals surface area contributed by atoms with Gasteiger partial charge < -0.3 is 5.32 Å². The highest BCUT2D eigenvalue weighted by atomic mass is 79.9. The molecular weight excluding hydrogens is 495 g/mol. The van der Waals surface area contributed by atoms with E-state index in [4.69, 9.17) is 39.8 Å². The summed E-state index contributed by atoms with van der Waals surface area (Å²) in [5.41, 5.74) is 3.19. The minimum absolute atomic E-state index is 0.305. The van der Waals surface area contributed by atoms with E-state index in [0.717, 1.165) is 20.9 Å². The van der Waals surface area contributed by atoms with Gasteiger partial charge in [-0.05, 0) is 36.4 Å². The van der Waals surface area contributed by atoms with Crippen LogP contribution < -0.4 is 5.32 Å². The van der Waals surface area contributed by atoms with Gasteiger partial charge >= 0.3 is 0 Å². The van der Waals surface area contributed by atoms with Gasteiger partial charge in [-0.25, -0.2) is 4.98 Å². The fraction of sp³-hybridized carbons (Fsp3) is 0. The summed E-state index contributed by atoms with van der Waals surface area (Å²) in [4.78, 5) is 17.8. The summed E-state index contributed by atoms with van der Waals surface area (Å²) in [6.07, 6.45) is 0. The van der Waals surface area contributed by atoms with Crippen LogP contribution in [0, 0.1) is 0 Å². The first-order valence-electron chi connectivity index (χ1n) is 8.54. The first kappa shape index (κ1) is 20.2. The monoisotopic (exact) mass is 504 g/mol. The molecule has 0 aliphatic rings. The van der Waals surface area contributed by atoms with Crippen LogP contribution >= 0.6 is 50.7 Å². The maximum Gasteiger partial charge on any atom is 0.256 e. The molecule has 0 aliphatic heterocycles. The standard InChI is InChI=1S/C22H12BrCl3N2O/c23-13-7-5-12(6-8-13)20-9-15(14-3-1-2-4-19(14)27-20)22(29)28-21-11-17(25)16(24)10-18(21)26/h1-11H,(H,28,29). The van der Waals surface area contributed by atoms with E-state index in [1.807, 2.05) is 48.5 Å². The van der Waals surface area contributed by atoms with Gasteiger partial charge in [-0.2, -0.15) is 0 Å². The predicted molar refractivity (Wildman–Crippen MR) is 124 cm³/mol. The molecule has 7 heteroatoms. The van der Waals surface area contributed by atoms with Gasteiger partial charge in [0.1, 0.15) is 0 Å². The minimum atomic E-state index is -0.317. The molecule has 1 N–H and O–H groups in total. The van der Waals surface area contributed by atoms with Gasteiger partial charge in [0.05, 0.1) is 37.5 Å². The third kappa shape index (κ3) is 4.26. The van der Waals surface area contributed by atoms with Crippen LogP contribution in [0.2, 0.25) is 15.1 Å². The van der Waals surface area contributed by atoms with E-state index in [-0.39, 0.29) is 5.91 Å². The number of carbonyl (C=O) groups is 1. The Hall–Kier alpha value is -2.11. The van der Waals surface area contributed by atoms with E-state index in [0.29, 0.717) is 32.0 Å².